The Kier molecular flexibility index (Phi) is 8.41. The van der Waals surface area contributed by atoms with Crippen LogP contribution in [0.25, 0.3) is 0 Å². The molecule has 9 nitrogen and oxygen atoms in total. The van der Waals surface area contributed by atoms with E-state index in [2.05, 4.69) is 5.32 Å². The normalized spacial score (nSPS) is 21.4. The van der Waals surface area contributed by atoms with Crippen molar-refractivity contribution in [2.24, 2.45) is 0 Å². The number of benzene rings is 2. The zero-order valence-electron chi connectivity index (χ0n) is 21.4. The lowest BCUT2D eigenvalue weighted by molar-refractivity contribution is -0.139. The molecular formula is C26H30ClFN4O5S. The van der Waals surface area contributed by atoms with E-state index in [0.29, 0.717) is 29.4 Å². The zero-order chi connectivity index (χ0) is 27.6. The molecule has 0 spiro atoms. The van der Waals surface area contributed by atoms with Crippen LogP contribution in [0.1, 0.15) is 25.5 Å². The fraction of sp³-hybridized carbons (Fsp3) is 0.385. The molecule has 38 heavy (non-hydrogen) atoms. The molecule has 204 valence electrons. The summed E-state index contributed by atoms with van der Waals surface area (Å²) in [5.41, 5.74) is 1.24. The third-order valence-corrected chi connectivity index (χ3v) is 9.00. The third-order valence-electron chi connectivity index (χ3n) is 6.72. The Balaban J connectivity index is 1.62. The van der Waals surface area contributed by atoms with Gasteiger partial charge in [-0.05, 0) is 55.8 Å². The number of amides is 2. The number of hydrogen-bond acceptors (Lipinski definition) is 6. The fourth-order valence-electron chi connectivity index (χ4n) is 4.77. The second-order valence-corrected chi connectivity index (χ2v) is 11.6. The first-order valence-corrected chi connectivity index (χ1v) is 14.0. The van der Waals surface area contributed by atoms with Crippen molar-refractivity contribution in [3.8, 4) is 0 Å². The first-order chi connectivity index (χ1) is 18.0. The highest BCUT2D eigenvalue weighted by Gasteiger charge is 2.39. The number of nitrogens with one attached hydrogen (secondary N) is 1. The highest BCUT2D eigenvalue weighted by Crippen LogP contribution is 2.32. The lowest BCUT2D eigenvalue weighted by atomic mass is 9.94. The van der Waals surface area contributed by atoms with Crippen LogP contribution in [0, 0.1) is 5.82 Å². The Morgan fingerprint density at radius 3 is 2.39 bits per heavy atom. The Morgan fingerprint density at radius 2 is 1.79 bits per heavy atom. The summed E-state index contributed by atoms with van der Waals surface area (Å²) in [5, 5.41) is 3.26. The number of nitrogens with zero attached hydrogens (tertiary/aromatic N) is 3. The second-order valence-electron chi connectivity index (χ2n) is 9.23. The van der Waals surface area contributed by atoms with Crippen LogP contribution in [0.3, 0.4) is 0 Å². The molecule has 0 saturated carbocycles. The zero-order valence-corrected chi connectivity index (χ0v) is 22.9. The molecule has 2 aliphatic heterocycles. The third kappa shape index (κ3) is 5.70. The van der Waals surface area contributed by atoms with Crippen LogP contribution in [0.4, 0.5) is 9.18 Å². The molecule has 2 aliphatic rings. The fourth-order valence-corrected chi connectivity index (χ4v) is 6.51. The van der Waals surface area contributed by atoms with Gasteiger partial charge in [-0.15, -0.1) is 0 Å². The molecule has 0 aromatic heterocycles. The van der Waals surface area contributed by atoms with Gasteiger partial charge in [-0.3, -0.25) is 9.80 Å². The van der Waals surface area contributed by atoms with E-state index >= 15 is 0 Å². The molecule has 2 aromatic carbocycles. The number of carbonyl (C=O) groups excluding carboxylic acids is 2. The molecular weight excluding hydrogens is 535 g/mol. The molecule has 2 unspecified atom stereocenters. The number of carbonyl (C=O) groups is 2. The van der Waals surface area contributed by atoms with E-state index in [1.54, 1.807) is 26.1 Å². The molecule has 2 amide bonds. The predicted octanol–water partition coefficient (Wildman–Crippen LogP) is 3.39. The maximum absolute atomic E-state index is 13.6. The van der Waals surface area contributed by atoms with Crippen LogP contribution in [0.15, 0.2) is 64.7 Å². The van der Waals surface area contributed by atoms with E-state index < -0.39 is 33.9 Å². The lowest BCUT2D eigenvalue weighted by Crippen LogP contribution is -2.56. The number of ether oxygens (including phenoxy) is 1. The van der Waals surface area contributed by atoms with E-state index in [4.69, 9.17) is 16.3 Å². The number of sulfonamides is 1. The largest absolute Gasteiger partial charge is 0.463 e. The molecule has 12 heteroatoms. The number of likely N-dealkylation sites (N-methyl/N-ethyl adjacent to an activating group) is 1. The number of esters is 1. The van der Waals surface area contributed by atoms with Crippen LogP contribution in [0.5, 0.6) is 0 Å². The van der Waals surface area contributed by atoms with Gasteiger partial charge in [-0.1, -0.05) is 23.7 Å². The van der Waals surface area contributed by atoms with Crippen molar-refractivity contribution in [2.75, 3.05) is 39.8 Å². The summed E-state index contributed by atoms with van der Waals surface area (Å²) in [7, 11) is -2.16. The Bertz CT molecular complexity index is 1330. The van der Waals surface area contributed by atoms with Crippen molar-refractivity contribution < 1.29 is 27.1 Å². The first kappa shape index (κ1) is 28.0. The molecule has 4 rings (SSSR count). The average molecular weight is 565 g/mol. The molecule has 0 bridgehead atoms. The predicted molar refractivity (Wildman–Crippen MR) is 140 cm³/mol. The Morgan fingerprint density at radius 1 is 1.13 bits per heavy atom. The highest BCUT2D eigenvalue weighted by atomic mass is 35.5. The molecule has 0 aliphatic carbocycles. The van der Waals surface area contributed by atoms with Gasteiger partial charge in [0.2, 0.25) is 10.0 Å². The molecule has 2 aromatic rings. The van der Waals surface area contributed by atoms with Gasteiger partial charge in [-0.2, -0.15) is 4.31 Å². The minimum atomic E-state index is -3.73. The van der Waals surface area contributed by atoms with E-state index in [0.717, 1.165) is 0 Å². The summed E-state index contributed by atoms with van der Waals surface area (Å²) >= 11 is 5.92. The molecule has 1 saturated heterocycles. The summed E-state index contributed by atoms with van der Waals surface area (Å²) in [6, 6.07) is 10.0. The van der Waals surface area contributed by atoms with E-state index in [-0.39, 0.29) is 36.2 Å². The van der Waals surface area contributed by atoms with E-state index in [1.807, 2.05) is 11.8 Å². The van der Waals surface area contributed by atoms with Gasteiger partial charge in [0.15, 0.2) is 0 Å². The van der Waals surface area contributed by atoms with E-state index in [1.165, 1.54) is 45.6 Å². The van der Waals surface area contributed by atoms with Gasteiger partial charge >= 0.3 is 12.0 Å². The van der Waals surface area contributed by atoms with Gasteiger partial charge < -0.3 is 10.1 Å². The van der Waals surface area contributed by atoms with Crippen molar-refractivity contribution in [2.45, 2.75) is 30.8 Å². The molecule has 2 heterocycles. The topological polar surface area (TPSA) is 99.3 Å². The minimum absolute atomic E-state index is 0.141. The molecule has 1 fully saturated rings. The molecule has 0 radical (unpaired) electrons. The quantitative estimate of drug-likeness (QED) is 0.518. The van der Waals surface area contributed by atoms with Crippen molar-refractivity contribution >= 4 is 33.6 Å². The van der Waals surface area contributed by atoms with Crippen molar-refractivity contribution in [3.05, 3.63) is 76.2 Å². The SMILES string of the molecule is CCOC(=O)C1=C(CN2CCN(S(=O)(=O)c3ccc(Cl)cc3)C(C)C2)N(C)C(=O)NC1c1ccc(F)cc1. The van der Waals surface area contributed by atoms with E-state index in [9.17, 15) is 22.4 Å². The van der Waals surface area contributed by atoms with Crippen LogP contribution in [0.2, 0.25) is 5.02 Å². The minimum Gasteiger partial charge on any atom is -0.463 e. The lowest BCUT2D eigenvalue weighted by Gasteiger charge is -2.41. The number of urea groups is 1. The number of hydrogen-bond donors (Lipinski definition) is 1. The van der Waals surface area contributed by atoms with Crippen LogP contribution in [-0.4, -0.2) is 80.4 Å². The standard InChI is InChI=1S/C26H30ClFN4O5S/c1-4-37-25(33)23-22(30(3)26(34)29-24(23)18-5-9-20(28)10-6-18)16-31-13-14-32(17(2)15-31)38(35,36)21-11-7-19(27)8-12-21/h5-12,17,24H,4,13-16H2,1-3H3,(H,29,34). The maximum Gasteiger partial charge on any atom is 0.338 e. The van der Waals surface area contributed by atoms with Crippen LogP contribution in [-0.2, 0) is 19.6 Å². The Hall–Kier alpha value is -2.99. The second kappa shape index (κ2) is 11.4. The first-order valence-electron chi connectivity index (χ1n) is 12.2. The van der Waals surface area contributed by atoms with Gasteiger partial charge in [0.1, 0.15) is 5.82 Å². The van der Waals surface area contributed by atoms with Gasteiger partial charge in [-0.25, -0.2) is 22.4 Å². The summed E-state index contributed by atoms with van der Waals surface area (Å²) in [4.78, 5) is 29.6. The maximum atomic E-state index is 13.6. The van der Waals surface area contributed by atoms with Gasteiger partial charge in [0.05, 0.1) is 23.1 Å². The summed E-state index contributed by atoms with van der Waals surface area (Å²) in [6.45, 7) is 4.86. The summed E-state index contributed by atoms with van der Waals surface area (Å²) in [6.07, 6.45) is 0. The van der Waals surface area contributed by atoms with Crippen molar-refractivity contribution in [3.63, 3.8) is 0 Å². The average Bonchev–Trinajstić information content (AvgIpc) is 2.87. The number of piperazine rings is 1. The monoisotopic (exact) mass is 564 g/mol. The summed E-state index contributed by atoms with van der Waals surface area (Å²) in [5.74, 6) is -1.02. The number of halogens is 2. The van der Waals surface area contributed by atoms with Gasteiger partial charge in [0.25, 0.3) is 0 Å². The number of rotatable bonds is 7. The van der Waals surface area contributed by atoms with Crippen molar-refractivity contribution in [1.82, 2.24) is 19.4 Å². The highest BCUT2D eigenvalue weighted by molar-refractivity contribution is 7.89. The van der Waals surface area contributed by atoms with Crippen molar-refractivity contribution in [1.29, 1.82) is 0 Å². The molecule has 1 N–H and O–H groups in total. The van der Waals surface area contributed by atoms with Crippen LogP contribution < -0.4 is 5.32 Å². The van der Waals surface area contributed by atoms with Crippen LogP contribution >= 0.6 is 11.6 Å². The molecule has 2 atom stereocenters. The smallest absolute Gasteiger partial charge is 0.338 e. The Labute approximate surface area is 226 Å². The summed E-state index contributed by atoms with van der Waals surface area (Å²) < 4.78 is 46.8. The van der Waals surface area contributed by atoms with Gasteiger partial charge in [0, 0.05) is 50.0 Å².